The highest BCUT2D eigenvalue weighted by Gasteiger charge is 2.43. The summed E-state index contributed by atoms with van der Waals surface area (Å²) in [6.45, 7) is 0. The van der Waals surface area contributed by atoms with Gasteiger partial charge in [0.2, 0.25) is 0 Å². The van der Waals surface area contributed by atoms with E-state index in [1.165, 1.54) is 62.6 Å². The highest BCUT2D eigenvalue weighted by Crippen LogP contribution is 2.56. The summed E-state index contributed by atoms with van der Waals surface area (Å²) >= 11 is 0. The molecule has 1 saturated carbocycles. The molecule has 0 saturated heterocycles. The Morgan fingerprint density at radius 2 is 1.28 bits per heavy atom. The van der Waals surface area contributed by atoms with E-state index < -0.39 is 0 Å². The maximum Gasteiger partial charge on any atom is 0.135 e. The number of hydrogen-bond donors (Lipinski definition) is 0. The summed E-state index contributed by atoms with van der Waals surface area (Å²) in [4.78, 5) is 0. The molecule has 0 spiro atoms. The van der Waals surface area contributed by atoms with Crippen LogP contribution in [-0.4, -0.2) is 0 Å². The van der Waals surface area contributed by atoms with Crippen LogP contribution >= 0.6 is 0 Å². The zero-order chi connectivity index (χ0) is 38.2. The molecule has 2 heterocycles. The zero-order valence-corrected chi connectivity index (χ0v) is 32.6. The number of furan rings is 2. The van der Waals surface area contributed by atoms with E-state index in [2.05, 4.69) is 182 Å². The Hall–Kier alpha value is -6.12. The molecule has 6 aliphatic carbocycles. The smallest absolute Gasteiger partial charge is 0.135 e. The quantitative estimate of drug-likeness (QED) is 0.175. The van der Waals surface area contributed by atoms with Crippen molar-refractivity contribution >= 4 is 34.1 Å². The van der Waals surface area contributed by atoms with Gasteiger partial charge in [-0.1, -0.05) is 157 Å². The van der Waals surface area contributed by atoms with Crippen molar-refractivity contribution in [3.8, 4) is 22.3 Å². The van der Waals surface area contributed by atoms with Gasteiger partial charge in [0.25, 0.3) is 0 Å². The lowest BCUT2D eigenvalue weighted by atomic mass is 9.60. The largest absolute Gasteiger partial charge is 0.456 e. The average molecular weight is 751 g/mol. The van der Waals surface area contributed by atoms with Crippen molar-refractivity contribution in [2.45, 2.75) is 37.5 Å². The van der Waals surface area contributed by atoms with Crippen molar-refractivity contribution in [3.63, 3.8) is 0 Å². The Morgan fingerprint density at radius 1 is 0.534 bits per heavy atom. The first-order valence-electron chi connectivity index (χ1n) is 21.4. The summed E-state index contributed by atoms with van der Waals surface area (Å²) in [6.07, 6.45) is 37.9. The highest BCUT2D eigenvalue weighted by atomic mass is 16.3. The zero-order valence-electron chi connectivity index (χ0n) is 32.6. The standard InChI is InChI=1S/C56H46O2/c1-2-13-35(14-3-1)38-17-10-18-40(30-38)44-22-11-26-52-55(44)56-47-20-7-6-19-46(47)49(34-53(56)58-52)43-32-41(39-28-27-36-15-4-5-16-37(36)29-39)31-42(33-43)45-23-12-25-51-54(45)48-21-8-9-24-50(48)57-51/h1-22,24-30,34,36-37,41-43,45-47H,23,31-33H2. The summed E-state index contributed by atoms with van der Waals surface area (Å²) in [5.41, 5.74) is 12.7. The highest BCUT2D eigenvalue weighted by molar-refractivity contribution is 6.00. The Morgan fingerprint density at radius 3 is 2.21 bits per heavy atom. The van der Waals surface area contributed by atoms with Crippen LogP contribution in [0.1, 0.15) is 60.2 Å². The van der Waals surface area contributed by atoms with Gasteiger partial charge < -0.3 is 8.83 Å². The van der Waals surface area contributed by atoms with E-state index in [9.17, 15) is 0 Å². The minimum atomic E-state index is 0.217. The van der Waals surface area contributed by atoms with Crippen molar-refractivity contribution in [3.05, 3.63) is 204 Å². The van der Waals surface area contributed by atoms with Crippen LogP contribution in [0, 0.1) is 35.5 Å². The van der Waals surface area contributed by atoms with E-state index >= 15 is 0 Å². The molecule has 6 aliphatic rings. The van der Waals surface area contributed by atoms with Crippen molar-refractivity contribution in [2.75, 3.05) is 0 Å². The predicted octanol–water partition coefficient (Wildman–Crippen LogP) is 14.8. The van der Waals surface area contributed by atoms with Gasteiger partial charge in [-0.05, 0) is 108 Å². The molecule has 0 radical (unpaired) electrons. The fourth-order valence-corrected chi connectivity index (χ4v) is 11.7. The van der Waals surface area contributed by atoms with Gasteiger partial charge in [-0.2, -0.15) is 0 Å². The number of allylic oxidation sites excluding steroid dienone is 14. The van der Waals surface area contributed by atoms with Crippen LogP contribution in [0.4, 0.5) is 0 Å². The van der Waals surface area contributed by atoms with E-state index in [-0.39, 0.29) is 11.8 Å². The summed E-state index contributed by atoms with van der Waals surface area (Å²) < 4.78 is 13.5. The van der Waals surface area contributed by atoms with Gasteiger partial charge >= 0.3 is 0 Å². The van der Waals surface area contributed by atoms with Crippen LogP contribution in [0.5, 0.6) is 0 Å². The van der Waals surface area contributed by atoms with E-state index in [0.717, 1.165) is 35.5 Å². The molecule has 6 aromatic rings. The normalized spacial score (nSPS) is 27.9. The molecule has 12 rings (SSSR count). The summed E-state index contributed by atoms with van der Waals surface area (Å²) in [6, 6.07) is 35.0. The fourth-order valence-electron chi connectivity index (χ4n) is 11.7. The molecule has 2 heteroatoms. The molecule has 58 heavy (non-hydrogen) atoms. The Bertz CT molecular complexity index is 2840. The van der Waals surface area contributed by atoms with Crippen LogP contribution in [-0.2, 0) is 0 Å². The third-order valence-corrected chi connectivity index (χ3v) is 14.3. The molecular weight excluding hydrogens is 705 g/mol. The number of rotatable bonds is 5. The second-order valence-electron chi connectivity index (χ2n) is 17.4. The van der Waals surface area contributed by atoms with Crippen molar-refractivity contribution in [2.24, 2.45) is 35.5 Å². The summed E-state index contributed by atoms with van der Waals surface area (Å²) in [5.74, 6) is 5.36. The van der Waals surface area contributed by atoms with Crippen LogP contribution in [0.3, 0.4) is 0 Å². The van der Waals surface area contributed by atoms with Gasteiger partial charge in [0.15, 0.2) is 0 Å². The molecule has 8 atom stereocenters. The third-order valence-electron chi connectivity index (χ3n) is 14.3. The molecular formula is C56H46O2. The van der Waals surface area contributed by atoms with Gasteiger partial charge in [0.1, 0.15) is 22.7 Å². The minimum absolute atomic E-state index is 0.217. The lowest BCUT2D eigenvalue weighted by Crippen LogP contribution is -2.33. The first-order valence-corrected chi connectivity index (χ1v) is 21.4. The number of para-hydroxylation sites is 1. The van der Waals surface area contributed by atoms with Gasteiger partial charge in [0.05, 0.1) is 0 Å². The second kappa shape index (κ2) is 13.8. The van der Waals surface area contributed by atoms with Gasteiger partial charge in [0, 0.05) is 45.6 Å². The summed E-state index contributed by atoms with van der Waals surface area (Å²) in [5, 5.41) is 2.54. The van der Waals surface area contributed by atoms with E-state index in [0.29, 0.717) is 35.5 Å². The summed E-state index contributed by atoms with van der Waals surface area (Å²) in [7, 11) is 0. The third kappa shape index (κ3) is 5.60. The average Bonchev–Trinajstić information content (AvgIpc) is 3.88. The van der Waals surface area contributed by atoms with Crippen LogP contribution in [0.25, 0.3) is 56.3 Å². The predicted molar refractivity (Wildman–Crippen MR) is 239 cm³/mol. The molecule has 0 bridgehead atoms. The first kappa shape index (κ1) is 34.0. The van der Waals surface area contributed by atoms with E-state index in [1.54, 1.807) is 5.57 Å². The van der Waals surface area contributed by atoms with Gasteiger partial charge in [-0.15, -0.1) is 0 Å². The molecule has 0 N–H and O–H groups in total. The Balaban J connectivity index is 0.971. The number of fused-ring (bicyclic) bond motifs is 9. The Kier molecular flexibility index (Phi) is 8.06. The number of hydrogen-bond acceptors (Lipinski definition) is 2. The van der Waals surface area contributed by atoms with Crippen LogP contribution in [0.15, 0.2) is 190 Å². The van der Waals surface area contributed by atoms with Gasteiger partial charge in [-0.3, -0.25) is 0 Å². The molecule has 1 fully saturated rings. The lowest BCUT2D eigenvalue weighted by molar-refractivity contribution is 0.203. The monoisotopic (exact) mass is 750 g/mol. The molecule has 4 aromatic carbocycles. The van der Waals surface area contributed by atoms with E-state index in [4.69, 9.17) is 8.83 Å². The first-order chi connectivity index (χ1) is 28.7. The Labute approximate surface area is 340 Å². The molecule has 2 nitrogen and oxygen atoms in total. The topological polar surface area (TPSA) is 26.3 Å². The molecule has 2 aromatic heterocycles. The maximum atomic E-state index is 6.97. The van der Waals surface area contributed by atoms with Crippen molar-refractivity contribution < 1.29 is 8.83 Å². The molecule has 0 aliphatic heterocycles. The van der Waals surface area contributed by atoms with Crippen LogP contribution < -0.4 is 0 Å². The second-order valence-corrected chi connectivity index (χ2v) is 17.4. The van der Waals surface area contributed by atoms with Crippen molar-refractivity contribution in [1.29, 1.82) is 0 Å². The maximum absolute atomic E-state index is 6.97. The number of benzene rings is 4. The van der Waals surface area contributed by atoms with E-state index in [1.807, 2.05) is 0 Å². The molecule has 282 valence electrons. The van der Waals surface area contributed by atoms with Crippen LogP contribution in [0.2, 0.25) is 0 Å². The molecule has 8 unspecified atom stereocenters. The fraction of sp³-hybridized carbons (Fsp3) is 0.214. The van der Waals surface area contributed by atoms with Gasteiger partial charge in [-0.25, -0.2) is 0 Å². The van der Waals surface area contributed by atoms with Crippen molar-refractivity contribution in [1.82, 2.24) is 0 Å². The lowest BCUT2D eigenvalue weighted by Gasteiger charge is -2.44. The minimum Gasteiger partial charge on any atom is -0.456 e. The SMILES string of the molecule is C1=CC2C=CC(C3CC(C4=Cc5oc6cccc(-c7cccc(-c8ccccc8)c7)c6c5C5C=CC=CC45)CC(C4CC=Cc5oc6ccccc6c54)C3)=CC2C=C1. The molecule has 0 amide bonds.